The second-order valence-electron chi connectivity index (χ2n) is 3.59. The molecule has 0 bridgehead atoms. The van der Waals surface area contributed by atoms with E-state index in [-0.39, 0.29) is 11.9 Å². The van der Waals surface area contributed by atoms with Crippen molar-refractivity contribution >= 4 is 20.0 Å². The summed E-state index contributed by atoms with van der Waals surface area (Å²) < 4.78 is 48.8. The highest BCUT2D eigenvalue weighted by molar-refractivity contribution is 7.93. The zero-order valence-electron chi connectivity index (χ0n) is 8.13. The zero-order valence-corrected chi connectivity index (χ0v) is 9.77. The van der Waals surface area contributed by atoms with E-state index in [1.54, 1.807) is 0 Å². The topological polar surface area (TPSA) is 77.5 Å². The number of sulfone groups is 1. The van der Waals surface area contributed by atoms with Gasteiger partial charge in [-0.15, -0.1) is 0 Å². The van der Waals surface area contributed by atoms with Gasteiger partial charge in [-0.2, -0.15) is 8.42 Å². The summed E-state index contributed by atoms with van der Waals surface area (Å²) in [6.07, 6.45) is 2.28. The van der Waals surface area contributed by atoms with Gasteiger partial charge in [0.2, 0.25) is 0 Å². The van der Waals surface area contributed by atoms with E-state index >= 15 is 0 Å². The molecule has 1 unspecified atom stereocenters. The Kier molecular flexibility index (Phi) is 3.23. The Morgan fingerprint density at radius 3 is 2.14 bits per heavy atom. The van der Waals surface area contributed by atoms with Crippen LogP contribution in [0.15, 0.2) is 0 Å². The molecular formula is C7H14O5S2. The first-order valence-electron chi connectivity index (χ1n) is 4.30. The molecule has 14 heavy (non-hydrogen) atoms. The first-order chi connectivity index (χ1) is 6.23. The summed E-state index contributed by atoms with van der Waals surface area (Å²) in [4.78, 5) is 0. The van der Waals surface area contributed by atoms with E-state index in [1.165, 1.54) is 6.92 Å². The van der Waals surface area contributed by atoms with Crippen molar-refractivity contribution in [3.63, 3.8) is 0 Å². The molecule has 0 aromatic heterocycles. The summed E-state index contributed by atoms with van der Waals surface area (Å²) in [5.74, 6) is 0. The fraction of sp³-hybridized carbons (Fsp3) is 1.00. The molecule has 0 spiro atoms. The first kappa shape index (κ1) is 11.9. The normalized spacial score (nSPS) is 20.7. The van der Waals surface area contributed by atoms with Crippen molar-refractivity contribution in [2.24, 2.45) is 0 Å². The highest BCUT2D eigenvalue weighted by atomic mass is 32.2. The Balaban J connectivity index is 2.54. The Bertz CT molecular complexity index is 390. The fourth-order valence-corrected chi connectivity index (χ4v) is 3.28. The van der Waals surface area contributed by atoms with Crippen LogP contribution in [0, 0.1) is 0 Å². The average molecular weight is 242 g/mol. The van der Waals surface area contributed by atoms with Crippen molar-refractivity contribution in [3.05, 3.63) is 0 Å². The molecule has 0 aliphatic heterocycles. The molecule has 0 amide bonds. The number of hydrogen-bond donors (Lipinski definition) is 0. The van der Waals surface area contributed by atoms with Crippen LogP contribution in [0.2, 0.25) is 0 Å². The molecule has 0 aromatic carbocycles. The maximum absolute atomic E-state index is 11.5. The molecule has 0 radical (unpaired) electrons. The SMILES string of the molecule is CC(COS(C)(=O)=O)S(=O)(=O)C1CC1. The minimum atomic E-state index is -3.55. The van der Waals surface area contributed by atoms with Gasteiger partial charge in [0, 0.05) is 0 Å². The van der Waals surface area contributed by atoms with Crippen LogP contribution in [0.1, 0.15) is 19.8 Å². The van der Waals surface area contributed by atoms with Gasteiger partial charge < -0.3 is 0 Å². The molecule has 0 heterocycles. The molecule has 0 saturated heterocycles. The lowest BCUT2D eigenvalue weighted by atomic mass is 10.5. The third-order valence-electron chi connectivity index (χ3n) is 2.07. The van der Waals surface area contributed by atoms with Crippen LogP contribution < -0.4 is 0 Å². The van der Waals surface area contributed by atoms with E-state index < -0.39 is 25.2 Å². The van der Waals surface area contributed by atoms with Gasteiger partial charge in [-0.3, -0.25) is 4.18 Å². The Morgan fingerprint density at radius 1 is 1.29 bits per heavy atom. The van der Waals surface area contributed by atoms with Gasteiger partial charge in [-0.05, 0) is 19.8 Å². The summed E-state index contributed by atoms with van der Waals surface area (Å²) in [5.41, 5.74) is 0. The summed E-state index contributed by atoms with van der Waals surface area (Å²) in [6, 6.07) is 0. The van der Waals surface area contributed by atoms with Crippen LogP contribution >= 0.6 is 0 Å². The zero-order chi connectivity index (χ0) is 11.0. The summed E-state index contributed by atoms with van der Waals surface area (Å²) >= 11 is 0. The quantitative estimate of drug-likeness (QED) is 0.631. The van der Waals surface area contributed by atoms with Crippen LogP contribution in [0.25, 0.3) is 0 Å². The van der Waals surface area contributed by atoms with E-state index in [1.807, 2.05) is 0 Å². The molecule has 1 rings (SSSR count). The molecule has 1 saturated carbocycles. The lowest BCUT2D eigenvalue weighted by Crippen LogP contribution is -2.27. The lowest BCUT2D eigenvalue weighted by molar-refractivity contribution is 0.321. The standard InChI is InChI=1S/C7H14O5S2/c1-6(5-12-13(2,8)9)14(10,11)7-3-4-7/h6-7H,3-5H2,1-2H3. The maximum Gasteiger partial charge on any atom is 0.264 e. The van der Waals surface area contributed by atoms with Crippen molar-refractivity contribution in [2.45, 2.75) is 30.3 Å². The third-order valence-corrected chi connectivity index (χ3v) is 5.29. The van der Waals surface area contributed by atoms with Crippen molar-refractivity contribution in [2.75, 3.05) is 12.9 Å². The van der Waals surface area contributed by atoms with Crippen LogP contribution in [-0.4, -0.2) is 40.2 Å². The molecular weight excluding hydrogens is 228 g/mol. The van der Waals surface area contributed by atoms with Gasteiger partial charge in [-0.25, -0.2) is 8.42 Å². The number of rotatable bonds is 5. The predicted molar refractivity (Wildman–Crippen MR) is 52.2 cm³/mol. The van der Waals surface area contributed by atoms with Crippen LogP contribution in [-0.2, 0) is 24.1 Å². The van der Waals surface area contributed by atoms with Gasteiger partial charge in [0.1, 0.15) is 0 Å². The van der Waals surface area contributed by atoms with Gasteiger partial charge in [0.15, 0.2) is 9.84 Å². The van der Waals surface area contributed by atoms with Crippen molar-refractivity contribution in [3.8, 4) is 0 Å². The second kappa shape index (κ2) is 3.79. The predicted octanol–water partition coefficient (Wildman–Crippen LogP) is -0.0717. The van der Waals surface area contributed by atoms with Gasteiger partial charge in [0.25, 0.3) is 10.1 Å². The first-order valence-corrected chi connectivity index (χ1v) is 7.73. The Labute approximate surface area is 84.5 Å². The Hall–Kier alpha value is -0.140. The summed E-state index contributed by atoms with van der Waals surface area (Å²) in [7, 11) is -6.73. The molecule has 0 N–H and O–H groups in total. The molecule has 84 valence electrons. The summed E-state index contributed by atoms with van der Waals surface area (Å²) in [5, 5.41) is -1.02. The third kappa shape index (κ3) is 3.21. The molecule has 1 aliphatic carbocycles. The molecule has 7 heteroatoms. The fourth-order valence-electron chi connectivity index (χ4n) is 1.04. The van der Waals surface area contributed by atoms with E-state index in [0.717, 1.165) is 6.26 Å². The van der Waals surface area contributed by atoms with E-state index in [2.05, 4.69) is 4.18 Å². The lowest BCUT2D eigenvalue weighted by Gasteiger charge is -2.11. The minimum Gasteiger partial charge on any atom is -0.269 e. The minimum absolute atomic E-state index is 0.277. The molecule has 1 aliphatic rings. The van der Waals surface area contributed by atoms with Gasteiger partial charge >= 0.3 is 0 Å². The monoisotopic (exact) mass is 242 g/mol. The Morgan fingerprint density at radius 2 is 1.79 bits per heavy atom. The van der Waals surface area contributed by atoms with Crippen molar-refractivity contribution in [1.29, 1.82) is 0 Å². The largest absolute Gasteiger partial charge is 0.269 e. The second-order valence-corrected chi connectivity index (χ2v) is 7.88. The summed E-state index contributed by atoms with van der Waals surface area (Å²) in [6.45, 7) is 1.19. The van der Waals surface area contributed by atoms with Crippen LogP contribution in [0.4, 0.5) is 0 Å². The smallest absolute Gasteiger partial charge is 0.264 e. The van der Waals surface area contributed by atoms with Gasteiger partial charge in [0.05, 0.1) is 23.4 Å². The van der Waals surface area contributed by atoms with E-state index in [9.17, 15) is 16.8 Å². The van der Waals surface area contributed by atoms with Gasteiger partial charge in [-0.1, -0.05) is 0 Å². The van der Waals surface area contributed by atoms with E-state index in [4.69, 9.17) is 0 Å². The highest BCUT2D eigenvalue weighted by Crippen LogP contribution is 2.31. The molecule has 1 atom stereocenters. The van der Waals surface area contributed by atoms with Crippen molar-refractivity contribution < 1.29 is 21.0 Å². The van der Waals surface area contributed by atoms with Crippen LogP contribution in [0.5, 0.6) is 0 Å². The number of hydrogen-bond acceptors (Lipinski definition) is 5. The highest BCUT2D eigenvalue weighted by Gasteiger charge is 2.39. The van der Waals surface area contributed by atoms with Crippen molar-refractivity contribution in [1.82, 2.24) is 0 Å². The van der Waals surface area contributed by atoms with E-state index in [0.29, 0.717) is 12.8 Å². The molecule has 5 nitrogen and oxygen atoms in total. The molecule has 1 fully saturated rings. The van der Waals surface area contributed by atoms with Crippen LogP contribution in [0.3, 0.4) is 0 Å². The average Bonchev–Trinajstić information content (AvgIpc) is 2.80. The molecule has 0 aromatic rings. The maximum atomic E-state index is 11.5.